The van der Waals surface area contributed by atoms with Crippen molar-refractivity contribution in [1.29, 1.82) is 0 Å². The molecule has 0 bridgehead atoms. The van der Waals surface area contributed by atoms with Gasteiger partial charge in [-0.2, -0.15) is 0 Å². The molecule has 0 amide bonds. The highest BCUT2D eigenvalue weighted by molar-refractivity contribution is 7.18. The summed E-state index contributed by atoms with van der Waals surface area (Å²) in [6.07, 6.45) is 5.43. The first-order chi connectivity index (χ1) is 8.78. The maximum Gasteiger partial charge on any atom is 0.0907 e. The minimum Gasteiger partial charge on any atom is -0.330 e. The molecule has 1 heterocycles. The highest BCUT2D eigenvalue weighted by Crippen LogP contribution is 2.37. The molecule has 2 aromatic rings. The average Bonchev–Trinajstić information content (AvgIpc) is 2.97. The number of rotatable bonds is 3. The van der Waals surface area contributed by atoms with Crippen LogP contribution >= 0.6 is 11.3 Å². The van der Waals surface area contributed by atoms with Crippen LogP contribution in [0.2, 0.25) is 0 Å². The van der Waals surface area contributed by atoms with Gasteiger partial charge in [-0.15, -0.1) is 11.3 Å². The van der Waals surface area contributed by atoms with Crippen LogP contribution in [0.15, 0.2) is 18.2 Å². The van der Waals surface area contributed by atoms with E-state index in [2.05, 4.69) is 30.1 Å². The van der Waals surface area contributed by atoms with E-state index in [1.807, 2.05) is 0 Å². The molecule has 1 saturated carbocycles. The molecule has 2 N–H and O–H groups in total. The van der Waals surface area contributed by atoms with Gasteiger partial charge in [-0.3, -0.25) is 0 Å². The van der Waals surface area contributed by atoms with Crippen molar-refractivity contribution >= 4 is 21.6 Å². The fourth-order valence-corrected chi connectivity index (χ4v) is 4.06. The summed E-state index contributed by atoms with van der Waals surface area (Å²) in [6, 6.07) is 6.73. The van der Waals surface area contributed by atoms with E-state index in [0.29, 0.717) is 5.92 Å². The lowest BCUT2D eigenvalue weighted by Crippen LogP contribution is -2.19. The van der Waals surface area contributed by atoms with E-state index >= 15 is 0 Å². The van der Waals surface area contributed by atoms with Crippen LogP contribution in [0.25, 0.3) is 10.2 Å². The molecule has 1 aromatic carbocycles. The molecule has 3 heteroatoms. The van der Waals surface area contributed by atoms with Gasteiger partial charge in [0, 0.05) is 0 Å². The third-order valence-electron chi connectivity index (χ3n) is 4.17. The molecule has 1 aromatic heterocycles. The van der Waals surface area contributed by atoms with Gasteiger partial charge in [-0.25, -0.2) is 4.98 Å². The Labute approximate surface area is 112 Å². The Balaban J connectivity index is 1.95. The lowest BCUT2D eigenvalue weighted by molar-refractivity contribution is 0.441. The molecule has 0 radical (unpaired) electrons. The third-order valence-corrected chi connectivity index (χ3v) is 5.12. The van der Waals surface area contributed by atoms with E-state index < -0.39 is 0 Å². The van der Waals surface area contributed by atoms with Gasteiger partial charge in [0.05, 0.1) is 15.2 Å². The normalized spacial score (nSPS) is 18.6. The van der Waals surface area contributed by atoms with Crippen LogP contribution in [0.1, 0.15) is 42.2 Å². The van der Waals surface area contributed by atoms with Crippen molar-refractivity contribution in [2.75, 3.05) is 6.54 Å². The van der Waals surface area contributed by atoms with E-state index in [4.69, 9.17) is 5.73 Å². The van der Waals surface area contributed by atoms with Crippen molar-refractivity contribution in [3.05, 3.63) is 28.8 Å². The Kier molecular flexibility index (Phi) is 3.35. The number of fused-ring (bicyclic) bond motifs is 1. The minimum absolute atomic E-state index is 0.527. The van der Waals surface area contributed by atoms with E-state index in [0.717, 1.165) is 23.0 Å². The topological polar surface area (TPSA) is 38.9 Å². The summed E-state index contributed by atoms with van der Waals surface area (Å²) in [6.45, 7) is 2.83. The molecule has 18 heavy (non-hydrogen) atoms. The number of aryl methyl sites for hydroxylation is 1. The fraction of sp³-hybridized carbons (Fsp3) is 0.533. The molecular formula is C15H20N2S. The van der Waals surface area contributed by atoms with Gasteiger partial charge in [0.2, 0.25) is 0 Å². The van der Waals surface area contributed by atoms with E-state index in [-0.39, 0.29) is 0 Å². The van der Waals surface area contributed by atoms with Crippen LogP contribution in [-0.2, 0) is 0 Å². The summed E-state index contributed by atoms with van der Waals surface area (Å²) >= 11 is 1.77. The fourth-order valence-electron chi connectivity index (χ4n) is 3.25. The smallest absolute Gasteiger partial charge is 0.0907 e. The number of hydrogen-bond acceptors (Lipinski definition) is 3. The van der Waals surface area contributed by atoms with Crippen molar-refractivity contribution < 1.29 is 0 Å². The Morgan fingerprint density at radius 3 is 2.89 bits per heavy atom. The predicted octanol–water partition coefficient (Wildman–Crippen LogP) is 3.84. The maximum absolute atomic E-state index is 6.02. The Morgan fingerprint density at radius 1 is 1.39 bits per heavy atom. The van der Waals surface area contributed by atoms with E-state index in [1.165, 1.54) is 35.9 Å². The van der Waals surface area contributed by atoms with Crippen molar-refractivity contribution in [3.8, 4) is 0 Å². The highest BCUT2D eigenvalue weighted by Gasteiger charge is 2.25. The van der Waals surface area contributed by atoms with Gasteiger partial charge in [-0.05, 0) is 55.8 Å². The summed E-state index contributed by atoms with van der Waals surface area (Å²) in [5, 5.41) is 1.15. The molecule has 1 unspecified atom stereocenters. The highest BCUT2D eigenvalue weighted by atomic mass is 32.1. The first-order valence-electron chi connectivity index (χ1n) is 6.85. The van der Waals surface area contributed by atoms with Gasteiger partial charge in [0.25, 0.3) is 0 Å². The first-order valence-corrected chi connectivity index (χ1v) is 7.66. The lowest BCUT2D eigenvalue weighted by Gasteiger charge is -2.22. The van der Waals surface area contributed by atoms with Crippen molar-refractivity contribution in [3.63, 3.8) is 0 Å². The SMILES string of the molecule is Cc1nc2cc(C(CN)C3CCCC3)ccc2s1. The number of thiazole rings is 1. The van der Waals surface area contributed by atoms with Crippen molar-refractivity contribution in [1.82, 2.24) is 4.98 Å². The van der Waals surface area contributed by atoms with Gasteiger partial charge < -0.3 is 5.73 Å². The van der Waals surface area contributed by atoms with E-state index in [1.54, 1.807) is 11.3 Å². The maximum atomic E-state index is 6.02. The average molecular weight is 260 g/mol. The molecule has 1 atom stereocenters. The van der Waals surface area contributed by atoms with Gasteiger partial charge in [0.15, 0.2) is 0 Å². The predicted molar refractivity (Wildman–Crippen MR) is 78.1 cm³/mol. The molecule has 1 aliphatic rings. The molecule has 96 valence electrons. The standard InChI is InChI=1S/C15H20N2S/c1-10-17-14-8-12(6-7-15(14)18-10)13(9-16)11-4-2-3-5-11/h6-8,11,13H,2-5,9,16H2,1H3. The molecule has 1 fully saturated rings. The molecule has 0 aliphatic heterocycles. The Morgan fingerprint density at radius 2 is 2.17 bits per heavy atom. The van der Waals surface area contributed by atoms with Crippen LogP contribution in [-0.4, -0.2) is 11.5 Å². The summed E-state index contributed by atoms with van der Waals surface area (Å²) in [5.41, 5.74) is 8.55. The van der Waals surface area contributed by atoms with Crippen LogP contribution in [0, 0.1) is 12.8 Å². The van der Waals surface area contributed by atoms with Gasteiger partial charge >= 0.3 is 0 Å². The number of aromatic nitrogens is 1. The molecular weight excluding hydrogens is 240 g/mol. The first kappa shape index (κ1) is 12.1. The minimum atomic E-state index is 0.527. The molecule has 0 spiro atoms. The number of nitrogens with zero attached hydrogens (tertiary/aromatic N) is 1. The summed E-state index contributed by atoms with van der Waals surface area (Å²) in [7, 11) is 0. The molecule has 3 rings (SSSR count). The third kappa shape index (κ3) is 2.17. The van der Waals surface area contributed by atoms with Crippen molar-refractivity contribution in [2.24, 2.45) is 11.7 Å². The van der Waals surface area contributed by atoms with Crippen molar-refractivity contribution in [2.45, 2.75) is 38.5 Å². The zero-order chi connectivity index (χ0) is 12.5. The monoisotopic (exact) mass is 260 g/mol. The molecule has 1 aliphatic carbocycles. The van der Waals surface area contributed by atoms with E-state index in [9.17, 15) is 0 Å². The van der Waals surface area contributed by atoms with Crippen LogP contribution in [0.4, 0.5) is 0 Å². The van der Waals surface area contributed by atoms with Crippen LogP contribution in [0.5, 0.6) is 0 Å². The largest absolute Gasteiger partial charge is 0.330 e. The second-order valence-electron chi connectivity index (χ2n) is 5.35. The summed E-state index contributed by atoms with van der Waals surface area (Å²) in [5.74, 6) is 1.31. The lowest BCUT2D eigenvalue weighted by atomic mass is 9.85. The van der Waals surface area contributed by atoms with Gasteiger partial charge in [-0.1, -0.05) is 18.9 Å². The van der Waals surface area contributed by atoms with Crippen LogP contribution in [0.3, 0.4) is 0 Å². The Hall–Kier alpha value is -0.930. The second-order valence-corrected chi connectivity index (χ2v) is 6.58. The Bertz CT molecular complexity index is 540. The quantitative estimate of drug-likeness (QED) is 0.910. The second kappa shape index (κ2) is 4.98. The zero-order valence-electron chi connectivity index (χ0n) is 10.9. The van der Waals surface area contributed by atoms with Crippen LogP contribution < -0.4 is 5.73 Å². The van der Waals surface area contributed by atoms with Gasteiger partial charge in [0.1, 0.15) is 0 Å². The number of nitrogens with two attached hydrogens (primary N) is 1. The summed E-state index contributed by atoms with van der Waals surface area (Å²) in [4.78, 5) is 4.59. The number of hydrogen-bond donors (Lipinski definition) is 1. The number of benzene rings is 1. The summed E-state index contributed by atoms with van der Waals surface area (Å²) < 4.78 is 1.29. The molecule has 0 saturated heterocycles. The molecule has 2 nitrogen and oxygen atoms in total. The zero-order valence-corrected chi connectivity index (χ0v) is 11.7.